The predicted molar refractivity (Wildman–Crippen MR) is 70.5 cm³/mol. The zero-order chi connectivity index (χ0) is 14.3. The van der Waals surface area contributed by atoms with Crippen LogP contribution < -0.4 is 10.5 Å². The fourth-order valence-corrected chi connectivity index (χ4v) is 1.55. The van der Waals surface area contributed by atoms with Crippen LogP contribution in [0, 0.1) is 0 Å². The zero-order valence-electron chi connectivity index (χ0n) is 10.2. The molecular weight excluding hydrogens is 316 g/mol. The number of carbonyl (C=O) groups excluding carboxylic acids is 2. The second-order valence-electron chi connectivity index (χ2n) is 3.54. The van der Waals surface area contributed by atoms with Crippen LogP contribution in [0.3, 0.4) is 0 Å². The van der Waals surface area contributed by atoms with E-state index in [1.165, 1.54) is 7.11 Å². The van der Waals surface area contributed by atoms with Crippen molar-refractivity contribution < 1.29 is 19.4 Å². The van der Waals surface area contributed by atoms with Gasteiger partial charge in [-0.05, 0) is 30.5 Å². The van der Waals surface area contributed by atoms with Gasteiger partial charge in [-0.3, -0.25) is 0 Å². The summed E-state index contributed by atoms with van der Waals surface area (Å²) in [5, 5.41) is 14.3. The van der Waals surface area contributed by atoms with Gasteiger partial charge in [-0.2, -0.15) is 5.10 Å². The number of amides is 1. The Hall–Kier alpha value is -1.89. The average molecular weight is 328 g/mol. The predicted octanol–water partition coefficient (Wildman–Crippen LogP) is 1.04. The number of hydrazone groups is 1. The smallest absolute Gasteiger partial charge is 0.427 e. The van der Waals surface area contributed by atoms with E-state index in [9.17, 15) is 14.7 Å². The van der Waals surface area contributed by atoms with Crippen LogP contribution in [-0.2, 0) is 9.53 Å². The summed E-state index contributed by atoms with van der Waals surface area (Å²) in [5.74, 6) is -1.18. The fraction of sp³-hybridized carbons (Fsp3) is 0.250. The second kappa shape index (κ2) is 7.52. The van der Waals surface area contributed by atoms with Crippen molar-refractivity contribution in [3.8, 4) is 0 Å². The van der Waals surface area contributed by atoms with Gasteiger partial charge in [0.1, 0.15) is 0 Å². The van der Waals surface area contributed by atoms with E-state index in [1.807, 2.05) is 0 Å². The summed E-state index contributed by atoms with van der Waals surface area (Å²) in [7, 11) is 1.21. The van der Waals surface area contributed by atoms with Crippen molar-refractivity contribution in [2.45, 2.75) is 12.8 Å². The van der Waals surface area contributed by atoms with Crippen molar-refractivity contribution in [1.82, 2.24) is 5.43 Å². The van der Waals surface area contributed by atoms with Crippen LogP contribution in [0.4, 0.5) is 4.79 Å². The van der Waals surface area contributed by atoms with Crippen molar-refractivity contribution in [2.75, 3.05) is 7.11 Å². The van der Waals surface area contributed by atoms with Crippen LogP contribution in [0.5, 0.6) is 0 Å². The standard InChI is InChI=1S/C12H13BrN2O4/c1-19-12(18)15-14-10(6-7-11(16)17)8-2-4-9(13)5-3-8/h2-5H,6-7H2,1H3,(H,15,18)(H,16,17)/p-1/b14-10-. The number of carboxylic acid groups (broad SMARTS) is 1. The maximum absolute atomic E-state index is 11.0. The summed E-state index contributed by atoms with van der Waals surface area (Å²) in [4.78, 5) is 21.5. The molecule has 6 nitrogen and oxygen atoms in total. The molecule has 0 aliphatic heterocycles. The number of carboxylic acids is 1. The van der Waals surface area contributed by atoms with Crippen LogP contribution >= 0.6 is 15.9 Å². The van der Waals surface area contributed by atoms with Gasteiger partial charge in [0, 0.05) is 10.4 Å². The van der Waals surface area contributed by atoms with E-state index in [4.69, 9.17) is 0 Å². The molecule has 0 aromatic heterocycles. The Kier molecular flexibility index (Phi) is 6.01. The molecule has 7 heteroatoms. The van der Waals surface area contributed by atoms with E-state index in [-0.39, 0.29) is 12.8 Å². The highest BCUT2D eigenvalue weighted by atomic mass is 79.9. The molecule has 0 saturated heterocycles. The first-order valence-electron chi connectivity index (χ1n) is 5.39. The fourth-order valence-electron chi connectivity index (χ4n) is 1.29. The first kappa shape index (κ1) is 15.2. The van der Waals surface area contributed by atoms with E-state index in [2.05, 4.69) is 31.2 Å². The van der Waals surface area contributed by atoms with Crippen LogP contribution in [0.15, 0.2) is 33.8 Å². The number of nitrogens with zero attached hydrogens (tertiary/aromatic N) is 1. The molecule has 0 aliphatic rings. The number of methoxy groups -OCH3 is 1. The number of rotatable bonds is 5. The molecule has 0 saturated carbocycles. The minimum Gasteiger partial charge on any atom is -0.550 e. The van der Waals surface area contributed by atoms with E-state index in [0.717, 1.165) is 4.47 Å². The molecular formula is C12H12BrN2O4-. The van der Waals surface area contributed by atoms with Crippen LogP contribution in [0.2, 0.25) is 0 Å². The molecule has 1 aromatic rings. The lowest BCUT2D eigenvalue weighted by Gasteiger charge is -2.08. The average Bonchev–Trinajstić information content (AvgIpc) is 2.39. The van der Waals surface area contributed by atoms with E-state index in [1.54, 1.807) is 24.3 Å². The Balaban J connectivity index is 2.87. The Labute approximate surface area is 118 Å². The number of hydrogen-bond acceptors (Lipinski definition) is 5. The van der Waals surface area contributed by atoms with Crippen LogP contribution in [-0.4, -0.2) is 24.9 Å². The molecule has 0 fully saturated rings. The van der Waals surface area contributed by atoms with Crippen LogP contribution in [0.1, 0.15) is 18.4 Å². The van der Waals surface area contributed by atoms with Gasteiger partial charge < -0.3 is 14.6 Å². The zero-order valence-corrected chi connectivity index (χ0v) is 11.8. The molecule has 0 unspecified atom stereocenters. The first-order chi connectivity index (χ1) is 9.02. The molecule has 1 aromatic carbocycles. The van der Waals surface area contributed by atoms with Gasteiger partial charge in [-0.15, -0.1) is 0 Å². The normalized spacial score (nSPS) is 10.9. The van der Waals surface area contributed by atoms with Gasteiger partial charge in [0.25, 0.3) is 0 Å². The van der Waals surface area contributed by atoms with Gasteiger partial charge in [-0.25, -0.2) is 10.2 Å². The van der Waals surface area contributed by atoms with Crippen molar-refractivity contribution in [3.05, 3.63) is 34.3 Å². The van der Waals surface area contributed by atoms with Gasteiger partial charge in [0.05, 0.1) is 12.8 Å². The Morgan fingerprint density at radius 3 is 2.47 bits per heavy atom. The van der Waals surface area contributed by atoms with Gasteiger partial charge in [0.2, 0.25) is 0 Å². The van der Waals surface area contributed by atoms with Gasteiger partial charge >= 0.3 is 6.09 Å². The number of carbonyl (C=O) groups is 2. The third-order valence-electron chi connectivity index (χ3n) is 2.21. The topological polar surface area (TPSA) is 90.8 Å². The Bertz CT molecular complexity index is 485. The lowest BCUT2D eigenvalue weighted by atomic mass is 10.1. The molecule has 19 heavy (non-hydrogen) atoms. The molecule has 0 spiro atoms. The summed E-state index contributed by atoms with van der Waals surface area (Å²) < 4.78 is 5.27. The Morgan fingerprint density at radius 2 is 1.95 bits per heavy atom. The highest BCUT2D eigenvalue weighted by Gasteiger charge is 2.06. The van der Waals surface area contributed by atoms with E-state index >= 15 is 0 Å². The molecule has 1 N–H and O–H groups in total. The third-order valence-corrected chi connectivity index (χ3v) is 2.74. The molecule has 1 amide bonds. The summed E-state index contributed by atoms with van der Waals surface area (Å²) in [6.07, 6.45) is -0.755. The number of benzene rings is 1. The summed E-state index contributed by atoms with van der Waals surface area (Å²) in [6.45, 7) is 0. The molecule has 0 atom stereocenters. The quantitative estimate of drug-likeness (QED) is 0.646. The minimum atomic E-state index is -1.18. The Morgan fingerprint density at radius 1 is 1.32 bits per heavy atom. The number of nitrogens with one attached hydrogen (secondary N) is 1. The SMILES string of the molecule is COC(=O)N/N=C(/CCC(=O)[O-])c1ccc(Br)cc1. The van der Waals surface area contributed by atoms with Crippen molar-refractivity contribution in [1.29, 1.82) is 0 Å². The first-order valence-corrected chi connectivity index (χ1v) is 6.18. The maximum atomic E-state index is 11.0. The number of halogens is 1. The molecule has 0 aliphatic carbocycles. The van der Waals surface area contributed by atoms with Gasteiger partial charge in [0.15, 0.2) is 0 Å². The molecule has 0 heterocycles. The molecule has 0 bridgehead atoms. The summed E-state index contributed by atoms with van der Waals surface area (Å²) in [6, 6.07) is 7.11. The largest absolute Gasteiger partial charge is 0.550 e. The number of aliphatic carboxylic acids is 1. The molecule has 0 radical (unpaired) electrons. The van der Waals surface area contributed by atoms with E-state index in [0.29, 0.717) is 11.3 Å². The van der Waals surface area contributed by atoms with Crippen molar-refractivity contribution >= 4 is 33.7 Å². The lowest BCUT2D eigenvalue weighted by Crippen LogP contribution is -2.24. The summed E-state index contributed by atoms with van der Waals surface area (Å²) in [5.41, 5.74) is 3.31. The highest BCUT2D eigenvalue weighted by molar-refractivity contribution is 9.10. The monoisotopic (exact) mass is 327 g/mol. The molecule has 102 valence electrons. The number of ether oxygens (including phenoxy) is 1. The van der Waals surface area contributed by atoms with E-state index < -0.39 is 12.1 Å². The maximum Gasteiger partial charge on any atom is 0.427 e. The third kappa shape index (κ3) is 5.52. The highest BCUT2D eigenvalue weighted by Crippen LogP contribution is 2.13. The van der Waals surface area contributed by atoms with Crippen molar-refractivity contribution in [2.24, 2.45) is 5.10 Å². The summed E-state index contributed by atoms with van der Waals surface area (Å²) >= 11 is 3.30. The van der Waals surface area contributed by atoms with Gasteiger partial charge in [-0.1, -0.05) is 28.1 Å². The molecule has 1 rings (SSSR count). The van der Waals surface area contributed by atoms with Crippen molar-refractivity contribution in [3.63, 3.8) is 0 Å². The lowest BCUT2D eigenvalue weighted by molar-refractivity contribution is -0.305. The van der Waals surface area contributed by atoms with Crippen LogP contribution in [0.25, 0.3) is 0 Å². The number of hydrogen-bond donors (Lipinski definition) is 1. The minimum absolute atomic E-state index is 0.147. The second-order valence-corrected chi connectivity index (χ2v) is 4.46.